The quantitative estimate of drug-likeness (QED) is 0.544. The van der Waals surface area contributed by atoms with Crippen molar-refractivity contribution in [3.05, 3.63) is 41.3 Å². The number of hydrogen-bond acceptors (Lipinski definition) is 0. The molecule has 0 aliphatic heterocycles. The first-order valence-electron chi connectivity index (χ1n) is 5.67. The summed E-state index contributed by atoms with van der Waals surface area (Å²) in [4.78, 5) is 2.39. The predicted octanol–water partition coefficient (Wildman–Crippen LogP) is 2.96. The molecule has 0 unspecified atom stereocenters. The SMILES string of the molecule is CCCC[Te]c1cc[se]c1-c1ccccc1. The monoisotopic (exact) mass is 394 g/mol. The summed E-state index contributed by atoms with van der Waals surface area (Å²) in [5, 5.41) is 0. The fraction of sp³-hybridized carbons (Fsp3) is 0.286. The zero-order valence-electron chi connectivity index (χ0n) is 9.48. The molecular formula is C14H16SeTe. The Morgan fingerprint density at radius 1 is 1.12 bits per heavy atom. The molecule has 1 aromatic carbocycles. The fourth-order valence-electron chi connectivity index (χ4n) is 1.54. The van der Waals surface area contributed by atoms with E-state index in [1.165, 1.54) is 22.9 Å². The average Bonchev–Trinajstić information content (AvgIpc) is 2.79. The summed E-state index contributed by atoms with van der Waals surface area (Å²) in [6.07, 6.45) is 2.75. The van der Waals surface area contributed by atoms with Gasteiger partial charge in [-0.3, -0.25) is 0 Å². The molecular weight excluding hydrogens is 375 g/mol. The molecule has 0 N–H and O–H groups in total. The van der Waals surface area contributed by atoms with Crippen LogP contribution in [-0.4, -0.2) is 35.4 Å². The van der Waals surface area contributed by atoms with E-state index in [1.54, 1.807) is 8.05 Å². The summed E-state index contributed by atoms with van der Waals surface area (Å²) in [7, 11) is 0. The first kappa shape index (κ1) is 12.5. The minimum atomic E-state index is 0.0750. The van der Waals surface area contributed by atoms with Gasteiger partial charge < -0.3 is 0 Å². The molecule has 2 rings (SSSR count). The van der Waals surface area contributed by atoms with Crippen LogP contribution in [0.2, 0.25) is 4.47 Å². The van der Waals surface area contributed by atoms with Gasteiger partial charge in [-0.2, -0.15) is 0 Å². The molecule has 0 aliphatic rings. The minimum absolute atomic E-state index is 0.0750. The maximum absolute atomic E-state index is 2.40. The Labute approximate surface area is 114 Å². The molecule has 0 radical (unpaired) electrons. The van der Waals surface area contributed by atoms with Crippen molar-refractivity contribution in [2.45, 2.75) is 24.2 Å². The van der Waals surface area contributed by atoms with Crippen LogP contribution in [0.4, 0.5) is 0 Å². The van der Waals surface area contributed by atoms with E-state index in [0.29, 0.717) is 14.5 Å². The molecule has 16 heavy (non-hydrogen) atoms. The van der Waals surface area contributed by atoms with Gasteiger partial charge in [0.2, 0.25) is 0 Å². The van der Waals surface area contributed by atoms with Gasteiger partial charge in [0.25, 0.3) is 0 Å². The maximum atomic E-state index is 2.40. The van der Waals surface area contributed by atoms with E-state index in [1.807, 2.05) is 0 Å². The van der Waals surface area contributed by atoms with Crippen molar-refractivity contribution in [2.24, 2.45) is 0 Å². The second-order valence-corrected chi connectivity index (χ2v) is 8.85. The Morgan fingerprint density at radius 3 is 2.69 bits per heavy atom. The third kappa shape index (κ3) is 3.25. The molecule has 0 nitrogen and oxygen atoms in total. The molecule has 2 heteroatoms. The Kier molecular flexibility index (Phi) is 5.20. The number of rotatable bonds is 5. The van der Waals surface area contributed by atoms with Crippen molar-refractivity contribution in [1.29, 1.82) is 0 Å². The van der Waals surface area contributed by atoms with E-state index in [2.05, 4.69) is 48.3 Å². The van der Waals surface area contributed by atoms with E-state index in [4.69, 9.17) is 0 Å². The van der Waals surface area contributed by atoms with Crippen molar-refractivity contribution in [1.82, 2.24) is 0 Å². The van der Waals surface area contributed by atoms with Gasteiger partial charge in [-0.1, -0.05) is 0 Å². The first-order chi connectivity index (χ1) is 7.92. The standard InChI is InChI=1S/C14H16SeTe/c1-2-3-11-16-13-9-10-15-14(13)12-7-5-4-6-8-12/h4-10H,2-3,11H2,1H3. The molecule has 1 aromatic heterocycles. The summed E-state index contributed by atoms with van der Waals surface area (Å²) >= 11 is 0.666. The summed E-state index contributed by atoms with van der Waals surface area (Å²) in [6, 6.07) is 13.3. The zero-order valence-corrected chi connectivity index (χ0v) is 13.5. The van der Waals surface area contributed by atoms with Crippen molar-refractivity contribution in [3.63, 3.8) is 0 Å². The van der Waals surface area contributed by atoms with Gasteiger partial charge in [0, 0.05) is 0 Å². The van der Waals surface area contributed by atoms with Crippen LogP contribution >= 0.6 is 0 Å². The predicted molar refractivity (Wildman–Crippen MR) is 73.9 cm³/mol. The summed E-state index contributed by atoms with van der Waals surface area (Å²) < 4.78 is 4.84. The van der Waals surface area contributed by atoms with Crippen LogP contribution in [-0.2, 0) is 0 Å². The van der Waals surface area contributed by atoms with Gasteiger partial charge in [-0.25, -0.2) is 0 Å². The van der Waals surface area contributed by atoms with E-state index >= 15 is 0 Å². The van der Waals surface area contributed by atoms with Gasteiger partial charge in [0.15, 0.2) is 0 Å². The zero-order chi connectivity index (χ0) is 11.2. The molecule has 2 aromatic rings. The van der Waals surface area contributed by atoms with Crippen LogP contribution in [0.3, 0.4) is 0 Å². The van der Waals surface area contributed by atoms with E-state index < -0.39 is 0 Å². The number of unbranched alkanes of at least 4 members (excludes halogenated alkanes) is 1. The van der Waals surface area contributed by atoms with E-state index in [-0.39, 0.29) is 20.9 Å². The Bertz CT molecular complexity index is 419. The molecule has 0 bridgehead atoms. The molecule has 0 saturated carbocycles. The fourth-order valence-corrected chi connectivity index (χ4v) is 8.40. The molecule has 0 saturated heterocycles. The molecule has 0 atom stereocenters. The van der Waals surface area contributed by atoms with Crippen molar-refractivity contribution in [3.8, 4) is 10.0 Å². The second-order valence-electron chi connectivity index (χ2n) is 3.68. The van der Waals surface area contributed by atoms with Crippen LogP contribution in [0.1, 0.15) is 19.8 Å². The summed E-state index contributed by atoms with van der Waals surface area (Å²) in [6.45, 7) is 2.29. The molecule has 84 valence electrons. The third-order valence-electron chi connectivity index (χ3n) is 2.42. The Hall–Kier alpha value is 0.00909. The third-order valence-corrected chi connectivity index (χ3v) is 8.61. The van der Waals surface area contributed by atoms with Crippen LogP contribution in [0.5, 0.6) is 0 Å². The summed E-state index contributed by atoms with van der Waals surface area (Å²) in [5.41, 5.74) is 1.46. The van der Waals surface area contributed by atoms with Gasteiger partial charge in [0.1, 0.15) is 0 Å². The van der Waals surface area contributed by atoms with Crippen LogP contribution in [0.25, 0.3) is 10.0 Å². The average molecular weight is 391 g/mol. The normalized spacial score (nSPS) is 10.6. The van der Waals surface area contributed by atoms with Crippen LogP contribution < -0.4 is 3.61 Å². The Morgan fingerprint density at radius 2 is 1.94 bits per heavy atom. The number of benzene rings is 1. The van der Waals surface area contributed by atoms with Crippen molar-refractivity contribution < 1.29 is 0 Å². The van der Waals surface area contributed by atoms with Crippen LogP contribution in [0, 0.1) is 0 Å². The Balaban J connectivity index is 2.13. The van der Waals surface area contributed by atoms with Gasteiger partial charge in [0.05, 0.1) is 0 Å². The van der Waals surface area contributed by atoms with Crippen LogP contribution in [0.15, 0.2) is 41.3 Å². The number of hydrogen-bond donors (Lipinski definition) is 0. The second kappa shape index (κ2) is 6.67. The van der Waals surface area contributed by atoms with Gasteiger partial charge >= 0.3 is 115 Å². The molecule has 0 amide bonds. The molecule has 0 spiro atoms. The van der Waals surface area contributed by atoms with E-state index in [0.717, 1.165) is 0 Å². The molecule has 0 aliphatic carbocycles. The first-order valence-corrected chi connectivity index (χ1v) is 10.3. The van der Waals surface area contributed by atoms with Gasteiger partial charge in [-0.15, -0.1) is 0 Å². The van der Waals surface area contributed by atoms with Crippen molar-refractivity contribution >= 4 is 39.0 Å². The van der Waals surface area contributed by atoms with Crippen molar-refractivity contribution in [2.75, 3.05) is 0 Å². The topological polar surface area (TPSA) is 0 Å². The summed E-state index contributed by atoms with van der Waals surface area (Å²) in [5.74, 6) is 0. The molecule has 1 heterocycles. The van der Waals surface area contributed by atoms with E-state index in [9.17, 15) is 0 Å². The molecule has 0 fully saturated rings. The van der Waals surface area contributed by atoms with Gasteiger partial charge in [-0.05, 0) is 0 Å².